The number of carbonyl (C=O) groups is 2. The van der Waals surface area contributed by atoms with Gasteiger partial charge < -0.3 is 14.8 Å². The summed E-state index contributed by atoms with van der Waals surface area (Å²) in [5.41, 5.74) is -0.409. The van der Waals surface area contributed by atoms with Crippen LogP contribution in [0.15, 0.2) is 48.6 Å². The number of amides is 1. The van der Waals surface area contributed by atoms with Gasteiger partial charge in [-0.2, -0.15) is 13.2 Å². The van der Waals surface area contributed by atoms with Crippen LogP contribution in [0.1, 0.15) is 39.6 Å². The second-order valence-corrected chi connectivity index (χ2v) is 8.48. The number of H-pyrrole nitrogens is 1. The summed E-state index contributed by atoms with van der Waals surface area (Å²) in [7, 11) is 0. The van der Waals surface area contributed by atoms with Crippen LogP contribution in [0.2, 0.25) is 0 Å². The molecule has 0 bridgehead atoms. The van der Waals surface area contributed by atoms with E-state index in [1.165, 1.54) is 11.0 Å². The number of alkyl halides is 3. The minimum absolute atomic E-state index is 0.0992. The Morgan fingerprint density at radius 1 is 1.11 bits per heavy atom. The van der Waals surface area contributed by atoms with Gasteiger partial charge in [-0.15, -0.1) is 0 Å². The van der Waals surface area contributed by atoms with Gasteiger partial charge in [-0.25, -0.2) is 0 Å². The number of halogens is 3. The lowest BCUT2D eigenvalue weighted by Crippen LogP contribution is -2.50. The van der Waals surface area contributed by atoms with Crippen LogP contribution in [0.4, 0.5) is 24.5 Å². The van der Waals surface area contributed by atoms with Crippen LogP contribution in [0, 0.1) is 17.0 Å². The van der Waals surface area contributed by atoms with E-state index in [4.69, 9.17) is 0 Å². The molecule has 1 aliphatic carbocycles. The number of hydrogen-bond acceptors (Lipinski definition) is 5. The number of nitrogens with one attached hydrogen (secondary N) is 1. The molecule has 0 saturated carbocycles. The van der Waals surface area contributed by atoms with Gasteiger partial charge in [0.2, 0.25) is 0 Å². The zero-order valence-electron chi connectivity index (χ0n) is 18.8. The van der Waals surface area contributed by atoms with Gasteiger partial charge in [0, 0.05) is 60.8 Å². The van der Waals surface area contributed by atoms with E-state index in [0.29, 0.717) is 11.3 Å². The van der Waals surface area contributed by atoms with Crippen LogP contribution in [-0.4, -0.2) is 52.7 Å². The lowest BCUT2D eigenvalue weighted by Gasteiger charge is -2.36. The Bertz CT molecular complexity index is 1220. The van der Waals surface area contributed by atoms with E-state index in [0.717, 1.165) is 24.2 Å². The standard InChI is InChI=1S/C24H23F3N4O4/c1-15-18(14-20(28-15)16-5-3-2-4-6-16)22(32)23(33)30-11-9-29(10-12-30)17-7-8-21(31(34)35)19(13-17)24(25,26)27/h2-5,7-8,13-14,16,28H,6,9-12H2,1H3. The molecule has 184 valence electrons. The van der Waals surface area contributed by atoms with Crippen molar-refractivity contribution in [3.8, 4) is 0 Å². The Balaban J connectivity index is 1.44. The molecular formula is C24H23F3N4O4. The highest BCUT2D eigenvalue weighted by molar-refractivity contribution is 6.43. The lowest BCUT2D eigenvalue weighted by atomic mass is 9.97. The molecule has 1 aromatic heterocycles. The minimum Gasteiger partial charge on any atom is -0.368 e. The molecule has 0 radical (unpaired) electrons. The molecule has 0 spiro atoms. The third kappa shape index (κ3) is 4.98. The van der Waals surface area contributed by atoms with Crippen LogP contribution in [0.25, 0.3) is 0 Å². The van der Waals surface area contributed by atoms with Crippen LogP contribution >= 0.6 is 0 Å². The zero-order chi connectivity index (χ0) is 25.3. The first-order chi connectivity index (χ1) is 16.6. The van der Waals surface area contributed by atoms with Crippen molar-refractivity contribution < 1.29 is 27.7 Å². The van der Waals surface area contributed by atoms with E-state index in [9.17, 15) is 32.9 Å². The summed E-state index contributed by atoms with van der Waals surface area (Å²) in [4.78, 5) is 41.9. The van der Waals surface area contributed by atoms with Crippen LogP contribution in [-0.2, 0) is 11.0 Å². The predicted octanol–water partition coefficient (Wildman–Crippen LogP) is 4.38. The number of nitro groups is 1. The van der Waals surface area contributed by atoms with E-state index in [2.05, 4.69) is 4.98 Å². The smallest absolute Gasteiger partial charge is 0.368 e. The summed E-state index contributed by atoms with van der Waals surface area (Å²) in [6.45, 7) is 2.37. The molecule has 1 saturated heterocycles. The quantitative estimate of drug-likeness (QED) is 0.291. The maximum Gasteiger partial charge on any atom is 0.423 e. The molecular weight excluding hydrogens is 465 g/mol. The van der Waals surface area contributed by atoms with E-state index < -0.39 is 34.0 Å². The fourth-order valence-corrected chi connectivity index (χ4v) is 4.36. The first-order valence-electron chi connectivity index (χ1n) is 11.0. The molecule has 1 aliphatic heterocycles. The molecule has 1 amide bonds. The van der Waals surface area contributed by atoms with Crippen LogP contribution in [0.5, 0.6) is 0 Å². The molecule has 11 heteroatoms. The van der Waals surface area contributed by atoms with Gasteiger partial charge in [0.25, 0.3) is 17.4 Å². The van der Waals surface area contributed by atoms with Crippen LogP contribution in [0.3, 0.4) is 0 Å². The van der Waals surface area contributed by atoms with Crippen molar-refractivity contribution in [1.29, 1.82) is 0 Å². The summed E-state index contributed by atoms with van der Waals surface area (Å²) < 4.78 is 39.9. The fourth-order valence-electron chi connectivity index (χ4n) is 4.36. The van der Waals surface area contributed by atoms with Gasteiger partial charge in [0.05, 0.1) is 4.92 Å². The molecule has 8 nitrogen and oxygen atoms in total. The second-order valence-electron chi connectivity index (χ2n) is 8.48. The molecule has 35 heavy (non-hydrogen) atoms. The van der Waals surface area contributed by atoms with Crippen LogP contribution < -0.4 is 4.90 Å². The van der Waals surface area contributed by atoms with Crippen molar-refractivity contribution in [2.45, 2.75) is 25.4 Å². The maximum absolute atomic E-state index is 13.3. The molecule has 1 atom stereocenters. The predicted molar refractivity (Wildman–Crippen MR) is 122 cm³/mol. The highest BCUT2D eigenvalue weighted by Crippen LogP contribution is 2.38. The Morgan fingerprint density at radius 2 is 1.83 bits per heavy atom. The Hall–Kier alpha value is -3.89. The number of aryl methyl sites for hydroxylation is 1. The largest absolute Gasteiger partial charge is 0.423 e. The van der Waals surface area contributed by atoms with Crippen molar-refractivity contribution in [1.82, 2.24) is 9.88 Å². The van der Waals surface area contributed by atoms with Crippen molar-refractivity contribution in [2.75, 3.05) is 31.1 Å². The van der Waals surface area contributed by atoms with Gasteiger partial charge in [0.1, 0.15) is 5.56 Å². The number of ketones is 1. The Morgan fingerprint density at radius 3 is 2.43 bits per heavy atom. The Labute approximate surface area is 198 Å². The molecule has 2 aromatic rings. The summed E-state index contributed by atoms with van der Waals surface area (Å²) in [6.07, 6.45) is 3.83. The van der Waals surface area contributed by atoms with E-state index >= 15 is 0 Å². The van der Waals surface area contributed by atoms with Crippen molar-refractivity contribution in [2.24, 2.45) is 0 Å². The van der Waals surface area contributed by atoms with Gasteiger partial charge >= 0.3 is 6.18 Å². The lowest BCUT2D eigenvalue weighted by molar-refractivity contribution is -0.388. The SMILES string of the molecule is Cc1[nH]c(C2C=CC=CC2)cc1C(=O)C(=O)N1CCN(c2ccc([N+](=O)[O-])c(C(F)(F)F)c2)CC1. The zero-order valence-corrected chi connectivity index (χ0v) is 18.8. The van der Waals surface area contributed by atoms with Gasteiger partial charge in [-0.3, -0.25) is 19.7 Å². The molecule has 4 rings (SSSR count). The number of piperazine rings is 1. The average molecular weight is 488 g/mol. The number of aromatic amines is 1. The van der Waals surface area contributed by atoms with E-state index in [1.807, 2.05) is 24.3 Å². The number of nitrogens with zero attached hydrogens (tertiary/aromatic N) is 3. The number of allylic oxidation sites excluding steroid dienone is 4. The third-order valence-electron chi connectivity index (χ3n) is 6.27. The number of anilines is 1. The Kier molecular flexibility index (Phi) is 6.51. The van der Waals surface area contributed by atoms with Crippen molar-refractivity contribution >= 4 is 23.1 Å². The first kappa shape index (κ1) is 24.2. The normalized spacial score (nSPS) is 18.1. The number of aromatic nitrogens is 1. The number of hydrogen-bond donors (Lipinski definition) is 1. The van der Waals surface area contributed by atoms with Crippen molar-refractivity contribution in [3.63, 3.8) is 0 Å². The summed E-state index contributed by atoms with van der Waals surface area (Å²) >= 11 is 0. The summed E-state index contributed by atoms with van der Waals surface area (Å²) in [5, 5.41) is 11.0. The molecule has 1 fully saturated rings. The highest BCUT2D eigenvalue weighted by atomic mass is 19.4. The number of carbonyl (C=O) groups excluding carboxylic acids is 2. The van der Waals surface area contributed by atoms with Crippen molar-refractivity contribution in [3.05, 3.63) is 81.2 Å². The number of benzene rings is 1. The topological polar surface area (TPSA) is 99.6 Å². The highest BCUT2D eigenvalue weighted by Gasteiger charge is 2.39. The number of nitro benzene ring substituents is 1. The third-order valence-corrected chi connectivity index (χ3v) is 6.27. The van der Waals surface area contributed by atoms with E-state index in [-0.39, 0.29) is 37.8 Å². The monoisotopic (exact) mass is 488 g/mol. The second kappa shape index (κ2) is 9.40. The molecule has 1 unspecified atom stereocenters. The molecule has 2 aliphatic rings. The molecule has 1 N–H and O–H groups in total. The fraction of sp³-hybridized carbons (Fsp3) is 0.333. The molecule has 2 heterocycles. The van der Waals surface area contributed by atoms with E-state index in [1.54, 1.807) is 17.9 Å². The maximum atomic E-state index is 13.3. The van der Waals surface area contributed by atoms with Gasteiger partial charge in [-0.05, 0) is 31.5 Å². The van der Waals surface area contributed by atoms with Gasteiger partial charge in [-0.1, -0.05) is 24.3 Å². The number of Topliss-reactive ketones (excluding diaryl/α,β-unsaturated/α-hetero) is 1. The average Bonchev–Trinajstić information content (AvgIpc) is 3.24. The first-order valence-corrected chi connectivity index (χ1v) is 11.0. The minimum atomic E-state index is -4.88. The summed E-state index contributed by atoms with van der Waals surface area (Å²) in [5.74, 6) is -1.21. The molecule has 1 aromatic carbocycles. The van der Waals surface area contributed by atoms with Gasteiger partial charge in [0.15, 0.2) is 0 Å². The summed E-state index contributed by atoms with van der Waals surface area (Å²) in [6, 6.07) is 4.55. The number of rotatable bonds is 5.